The normalized spacial score (nSPS) is 12.8. The Morgan fingerprint density at radius 1 is 1.15 bits per heavy atom. The van der Waals surface area contributed by atoms with Crippen LogP contribution in [0.3, 0.4) is 0 Å². The zero-order chi connectivity index (χ0) is 14.1. The average molecular weight is 266 g/mol. The van der Waals surface area contributed by atoms with Crippen LogP contribution in [-0.4, -0.2) is 11.8 Å². The zero-order valence-corrected chi connectivity index (χ0v) is 11.1. The van der Waals surface area contributed by atoms with Crippen LogP contribution in [0.1, 0.15) is 21.5 Å². The second-order valence-electron chi connectivity index (χ2n) is 4.92. The van der Waals surface area contributed by atoms with E-state index in [9.17, 15) is 9.59 Å². The molecule has 0 spiro atoms. The van der Waals surface area contributed by atoms with Crippen LogP contribution < -0.4 is 10.6 Å². The molecule has 0 radical (unpaired) electrons. The minimum absolute atomic E-state index is 0.0314. The van der Waals surface area contributed by atoms with Gasteiger partial charge in [0.2, 0.25) is 5.91 Å². The van der Waals surface area contributed by atoms with Crippen LogP contribution in [0.2, 0.25) is 0 Å². The highest BCUT2D eigenvalue weighted by molar-refractivity contribution is 6.06. The number of carbonyl (C=O) groups is 2. The second kappa shape index (κ2) is 4.81. The van der Waals surface area contributed by atoms with Crippen molar-refractivity contribution in [2.45, 2.75) is 13.3 Å². The largest absolute Gasteiger partial charge is 0.326 e. The fourth-order valence-electron chi connectivity index (χ4n) is 2.21. The van der Waals surface area contributed by atoms with Gasteiger partial charge in [-0.05, 0) is 42.8 Å². The summed E-state index contributed by atoms with van der Waals surface area (Å²) in [4.78, 5) is 23.5. The molecule has 100 valence electrons. The first-order valence-corrected chi connectivity index (χ1v) is 6.42. The number of nitrogens with one attached hydrogen (secondary N) is 2. The van der Waals surface area contributed by atoms with E-state index in [0.29, 0.717) is 12.0 Å². The van der Waals surface area contributed by atoms with Gasteiger partial charge in [-0.3, -0.25) is 9.59 Å². The molecule has 4 nitrogen and oxygen atoms in total. The third-order valence-corrected chi connectivity index (χ3v) is 3.30. The average Bonchev–Trinajstić information content (AvgIpc) is 2.80. The number of rotatable bonds is 2. The van der Waals surface area contributed by atoms with Crippen LogP contribution >= 0.6 is 0 Å². The molecule has 0 aliphatic carbocycles. The quantitative estimate of drug-likeness (QED) is 0.878. The van der Waals surface area contributed by atoms with E-state index in [4.69, 9.17) is 0 Å². The van der Waals surface area contributed by atoms with Gasteiger partial charge in [0.05, 0.1) is 6.42 Å². The van der Waals surface area contributed by atoms with Crippen molar-refractivity contribution in [2.24, 2.45) is 0 Å². The summed E-state index contributed by atoms with van der Waals surface area (Å²) in [5, 5.41) is 5.59. The molecule has 0 aromatic heterocycles. The van der Waals surface area contributed by atoms with E-state index in [1.54, 1.807) is 18.2 Å². The van der Waals surface area contributed by atoms with Gasteiger partial charge in [-0.1, -0.05) is 17.7 Å². The first-order chi connectivity index (χ1) is 9.61. The summed E-state index contributed by atoms with van der Waals surface area (Å²) in [5.41, 5.74) is 4.12. The summed E-state index contributed by atoms with van der Waals surface area (Å²) >= 11 is 0. The van der Waals surface area contributed by atoms with Crippen LogP contribution in [-0.2, 0) is 11.2 Å². The molecule has 4 heteroatoms. The molecule has 1 aliphatic heterocycles. The molecule has 0 atom stereocenters. The highest BCUT2D eigenvalue weighted by atomic mass is 16.2. The van der Waals surface area contributed by atoms with E-state index >= 15 is 0 Å². The summed E-state index contributed by atoms with van der Waals surface area (Å²) in [6, 6.07) is 12.9. The van der Waals surface area contributed by atoms with Crippen LogP contribution in [0.4, 0.5) is 11.4 Å². The fourth-order valence-corrected chi connectivity index (χ4v) is 2.21. The molecule has 2 N–H and O–H groups in total. The molecule has 3 rings (SSSR count). The lowest BCUT2D eigenvalue weighted by molar-refractivity contribution is -0.115. The van der Waals surface area contributed by atoms with Crippen LogP contribution in [0.5, 0.6) is 0 Å². The van der Waals surface area contributed by atoms with E-state index in [1.165, 1.54) is 0 Å². The van der Waals surface area contributed by atoms with E-state index in [0.717, 1.165) is 22.5 Å². The fraction of sp³-hybridized carbons (Fsp3) is 0.125. The van der Waals surface area contributed by atoms with Gasteiger partial charge in [-0.15, -0.1) is 0 Å². The summed E-state index contributed by atoms with van der Waals surface area (Å²) in [6.07, 6.45) is 0.334. The molecular weight excluding hydrogens is 252 g/mol. The summed E-state index contributed by atoms with van der Waals surface area (Å²) < 4.78 is 0. The Kier molecular flexibility index (Phi) is 2.99. The van der Waals surface area contributed by atoms with Crippen molar-refractivity contribution in [3.05, 3.63) is 59.2 Å². The number of fused-ring (bicyclic) bond motifs is 1. The second-order valence-corrected chi connectivity index (χ2v) is 4.92. The first-order valence-electron chi connectivity index (χ1n) is 6.42. The Labute approximate surface area is 116 Å². The third kappa shape index (κ3) is 2.40. The van der Waals surface area contributed by atoms with E-state index in [2.05, 4.69) is 10.6 Å². The maximum absolute atomic E-state index is 12.2. The monoisotopic (exact) mass is 266 g/mol. The highest BCUT2D eigenvalue weighted by Gasteiger charge is 2.19. The molecule has 1 aliphatic rings. The van der Waals surface area contributed by atoms with Crippen LogP contribution in [0.25, 0.3) is 0 Å². The Morgan fingerprint density at radius 3 is 2.65 bits per heavy atom. The van der Waals surface area contributed by atoms with E-state index < -0.39 is 0 Å². The number of amides is 2. The van der Waals surface area contributed by atoms with Gasteiger partial charge < -0.3 is 10.6 Å². The Hall–Kier alpha value is -2.62. The molecular formula is C16H14N2O2. The van der Waals surface area contributed by atoms with Gasteiger partial charge in [0.25, 0.3) is 5.91 Å². The minimum atomic E-state index is -0.170. The predicted octanol–water partition coefficient (Wildman–Crippen LogP) is 2.74. The Balaban J connectivity index is 1.79. The van der Waals surface area contributed by atoms with Gasteiger partial charge in [0, 0.05) is 16.9 Å². The molecule has 0 saturated carbocycles. The Morgan fingerprint density at radius 2 is 1.90 bits per heavy atom. The van der Waals surface area contributed by atoms with Gasteiger partial charge in [0.15, 0.2) is 0 Å². The number of hydrogen-bond donors (Lipinski definition) is 2. The molecule has 2 amide bonds. The summed E-state index contributed by atoms with van der Waals surface area (Å²) in [5.74, 6) is -0.202. The van der Waals surface area contributed by atoms with Crippen molar-refractivity contribution in [3.63, 3.8) is 0 Å². The van der Waals surface area contributed by atoms with Gasteiger partial charge in [0.1, 0.15) is 0 Å². The van der Waals surface area contributed by atoms with Crippen molar-refractivity contribution in [2.75, 3.05) is 10.6 Å². The van der Waals surface area contributed by atoms with Crippen molar-refractivity contribution >= 4 is 23.2 Å². The standard InChI is InChI=1S/C16H14N2O2/c1-10-2-5-13(6-3-10)17-16(20)11-4-7-14-12(8-11)9-15(19)18-14/h2-8H,9H2,1H3,(H,17,20)(H,18,19). The van der Waals surface area contributed by atoms with Crippen LogP contribution in [0.15, 0.2) is 42.5 Å². The number of anilines is 2. The molecule has 1 heterocycles. The lowest BCUT2D eigenvalue weighted by Gasteiger charge is -2.07. The molecule has 2 aromatic rings. The van der Waals surface area contributed by atoms with Crippen molar-refractivity contribution < 1.29 is 9.59 Å². The number of carbonyl (C=O) groups excluding carboxylic acids is 2. The number of hydrogen-bond acceptors (Lipinski definition) is 2. The maximum atomic E-state index is 12.2. The van der Waals surface area contributed by atoms with Crippen LogP contribution in [0, 0.1) is 6.92 Å². The van der Waals surface area contributed by atoms with Crippen molar-refractivity contribution in [1.29, 1.82) is 0 Å². The highest BCUT2D eigenvalue weighted by Crippen LogP contribution is 2.24. The van der Waals surface area contributed by atoms with Gasteiger partial charge in [-0.25, -0.2) is 0 Å². The molecule has 20 heavy (non-hydrogen) atoms. The smallest absolute Gasteiger partial charge is 0.255 e. The van der Waals surface area contributed by atoms with Gasteiger partial charge in [-0.2, -0.15) is 0 Å². The molecule has 2 aromatic carbocycles. The lowest BCUT2D eigenvalue weighted by atomic mass is 10.1. The minimum Gasteiger partial charge on any atom is -0.326 e. The summed E-state index contributed by atoms with van der Waals surface area (Å²) in [7, 11) is 0. The maximum Gasteiger partial charge on any atom is 0.255 e. The van der Waals surface area contributed by atoms with Gasteiger partial charge >= 0.3 is 0 Å². The SMILES string of the molecule is Cc1ccc(NC(=O)c2ccc3c(c2)CC(=O)N3)cc1. The molecule has 0 unspecified atom stereocenters. The number of benzene rings is 2. The van der Waals surface area contributed by atoms with Crippen molar-refractivity contribution in [3.8, 4) is 0 Å². The lowest BCUT2D eigenvalue weighted by Crippen LogP contribution is -2.12. The zero-order valence-electron chi connectivity index (χ0n) is 11.1. The third-order valence-electron chi connectivity index (χ3n) is 3.30. The van der Waals surface area contributed by atoms with E-state index in [1.807, 2.05) is 31.2 Å². The Bertz CT molecular complexity index is 690. The number of aryl methyl sites for hydroxylation is 1. The van der Waals surface area contributed by atoms with E-state index in [-0.39, 0.29) is 11.8 Å². The summed E-state index contributed by atoms with van der Waals surface area (Å²) in [6.45, 7) is 2.00. The molecule has 0 fully saturated rings. The molecule has 0 bridgehead atoms. The predicted molar refractivity (Wildman–Crippen MR) is 77.9 cm³/mol. The first kappa shape index (κ1) is 12.4. The molecule has 0 saturated heterocycles. The topological polar surface area (TPSA) is 58.2 Å². The van der Waals surface area contributed by atoms with Crippen molar-refractivity contribution in [1.82, 2.24) is 0 Å².